The lowest BCUT2D eigenvalue weighted by molar-refractivity contribution is 0.509. The van der Waals surface area contributed by atoms with Crippen molar-refractivity contribution < 1.29 is 0 Å². The van der Waals surface area contributed by atoms with Crippen molar-refractivity contribution >= 4 is 27.2 Å². The number of aryl methyl sites for hydroxylation is 1. The molecular formula is C12H12N4OS. The van der Waals surface area contributed by atoms with Crippen molar-refractivity contribution in [3.05, 3.63) is 27.3 Å². The third kappa shape index (κ3) is 1.29. The van der Waals surface area contributed by atoms with Crippen molar-refractivity contribution in [1.29, 1.82) is 0 Å². The van der Waals surface area contributed by atoms with Crippen LogP contribution in [0, 0.1) is 5.92 Å². The molecule has 0 fully saturated rings. The van der Waals surface area contributed by atoms with E-state index in [1.807, 2.05) is 0 Å². The lowest BCUT2D eigenvalue weighted by atomic mass is 9.89. The smallest absolute Gasteiger partial charge is 0.244 e. The molecule has 92 valence electrons. The summed E-state index contributed by atoms with van der Waals surface area (Å²) in [4.78, 5) is 22.3. The quantitative estimate of drug-likeness (QED) is 0.670. The Morgan fingerprint density at radius 2 is 2.44 bits per heavy atom. The van der Waals surface area contributed by atoms with Gasteiger partial charge in [-0.25, -0.2) is 19.4 Å². The Bertz CT molecular complexity index is 813. The Morgan fingerprint density at radius 3 is 3.33 bits per heavy atom. The molecular weight excluding hydrogens is 248 g/mol. The molecule has 1 N–H and O–H groups in total. The SMILES string of the molecule is CC1CCc2c(sc3ncn4[nH]c(=O)nc4c23)C1. The molecule has 0 saturated carbocycles. The molecule has 1 aliphatic carbocycles. The molecule has 0 aliphatic heterocycles. The Balaban J connectivity index is 2.14. The number of aromatic nitrogens is 4. The van der Waals surface area contributed by atoms with E-state index in [1.165, 1.54) is 16.9 Å². The van der Waals surface area contributed by atoms with E-state index >= 15 is 0 Å². The highest BCUT2D eigenvalue weighted by Crippen LogP contribution is 2.38. The molecule has 1 atom stereocenters. The number of H-pyrrole nitrogens is 1. The van der Waals surface area contributed by atoms with Crippen LogP contribution in [0.3, 0.4) is 0 Å². The fourth-order valence-electron chi connectivity index (χ4n) is 2.76. The first-order valence-corrected chi connectivity index (χ1v) is 6.91. The number of rotatable bonds is 0. The number of thiophene rings is 1. The Kier molecular flexibility index (Phi) is 1.94. The molecule has 0 saturated heterocycles. The third-order valence-corrected chi connectivity index (χ3v) is 4.82. The second-order valence-corrected chi connectivity index (χ2v) is 6.08. The molecule has 6 heteroatoms. The van der Waals surface area contributed by atoms with Gasteiger partial charge in [0.25, 0.3) is 0 Å². The molecule has 3 heterocycles. The zero-order chi connectivity index (χ0) is 12.3. The van der Waals surface area contributed by atoms with Gasteiger partial charge in [-0.15, -0.1) is 11.3 Å². The summed E-state index contributed by atoms with van der Waals surface area (Å²) in [6, 6.07) is 0. The lowest BCUT2D eigenvalue weighted by Crippen LogP contribution is -2.08. The fraction of sp³-hybridized carbons (Fsp3) is 0.417. The zero-order valence-electron chi connectivity index (χ0n) is 9.93. The van der Waals surface area contributed by atoms with Crippen molar-refractivity contribution in [1.82, 2.24) is 19.6 Å². The van der Waals surface area contributed by atoms with Crippen LogP contribution in [0.5, 0.6) is 0 Å². The Labute approximate surface area is 106 Å². The van der Waals surface area contributed by atoms with Gasteiger partial charge < -0.3 is 0 Å². The number of aromatic amines is 1. The Morgan fingerprint density at radius 1 is 1.56 bits per heavy atom. The van der Waals surface area contributed by atoms with Gasteiger partial charge in [0.2, 0.25) is 0 Å². The molecule has 1 unspecified atom stereocenters. The molecule has 0 amide bonds. The predicted molar refractivity (Wildman–Crippen MR) is 70.2 cm³/mol. The summed E-state index contributed by atoms with van der Waals surface area (Å²) in [7, 11) is 0. The van der Waals surface area contributed by atoms with Crippen molar-refractivity contribution in [3.63, 3.8) is 0 Å². The topological polar surface area (TPSA) is 63.1 Å². The van der Waals surface area contributed by atoms with Gasteiger partial charge in [-0.1, -0.05) is 6.92 Å². The first-order valence-electron chi connectivity index (χ1n) is 6.10. The van der Waals surface area contributed by atoms with E-state index in [2.05, 4.69) is 22.0 Å². The monoisotopic (exact) mass is 260 g/mol. The van der Waals surface area contributed by atoms with Gasteiger partial charge in [-0.05, 0) is 30.7 Å². The minimum atomic E-state index is -0.312. The molecule has 1 aliphatic rings. The van der Waals surface area contributed by atoms with Crippen LogP contribution < -0.4 is 5.69 Å². The van der Waals surface area contributed by atoms with Crippen LogP contribution >= 0.6 is 11.3 Å². The number of fused-ring (bicyclic) bond motifs is 5. The zero-order valence-corrected chi connectivity index (χ0v) is 10.8. The van der Waals surface area contributed by atoms with Crippen LogP contribution in [0.4, 0.5) is 0 Å². The largest absolute Gasteiger partial charge is 0.362 e. The molecule has 4 rings (SSSR count). The van der Waals surface area contributed by atoms with Crippen LogP contribution in [0.15, 0.2) is 11.1 Å². The van der Waals surface area contributed by atoms with Gasteiger partial charge >= 0.3 is 5.69 Å². The van der Waals surface area contributed by atoms with Gasteiger partial charge in [0, 0.05) is 4.88 Å². The van der Waals surface area contributed by atoms with E-state index in [0.29, 0.717) is 0 Å². The summed E-state index contributed by atoms with van der Waals surface area (Å²) >= 11 is 1.75. The van der Waals surface area contributed by atoms with E-state index in [4.69, 9.17) is 0 Å². The van der Waals surface area contributed by atoms with Crippen LogP contribution in [0.1, 0.15) is 23.8 Å². The van der Waals surface area contributed by atoms with Gasteiger partial charge in [0.1, 0.15) is 11.2 Å². The molecule has 3 aromatic heterocycles. The minimum Gasteiger partial charge on any atom is -0.244 e. The van der Waals surface area contributed by atoms with Crippen molar-refractivity contribution in [2.45, 2.75) is 26.2 Å². The highest BCUT2D eigenvalue weighted by Gasteiger charge is 2.23. The third-order valence-electron chi connectivity index (χ3n) is 3.66. The maximum atomic E-state index is 11.4. The predicted octanol–water partition coefficient (Wildman–Crippen LogP) is 1.76. The molecule has 0 spiro atoms. The number of nitrogens with zero attached hydrogens (tertiary/aromatic N) is 3. The molecule has 18 heavy (non-hydrogen) atoms. The molecule has 0 bridgehead atoms. The van der Waals surface area contributed by atoms with E-state index < -0.39 is 0 Å². The lowest BCUT2D eigenvalue weighted by Gasteiger charge is -2.17. The van der Waals surface area contributed by atoms with Crippen molar-refractivity contribution in [2.24, 2.45) is 5.92 Å². The highest BCUT2D eigenvalue weighted by molar-refractivity contribution is 7.19. The van der Waals surface area contributed by atoms with Gasteiger partial charge in [-0.3, -0.25) is 0 Å². The average Bonchev–Trinajstić information content (AvgIpc) is 2.86. The van der Waals surface area contributed by atoms with Crippen molar-refractivity contribution in [3.8, 4) is 0 Å². The van der Waals surface area contributed by atoms with E-state index in [1.54, 1.807) is 22.2 Å². The normalized spacial score (nSPS) is 19.5. The standard InChI is InChI=1S/C12H12N4OS/c1-6-2-3-7-8(4-6)18-11-9(7)10-14-12(17)15-16(10)5-13-11/h5-6H,2-4H2,1H3,(H,15,17). The van der Waals surface area contributed by atoms with E-state index in [-0.39, 0.29) is 5.69 Å². The minimum absolute atomic E-state index is 0.312. The summed E-state index contributed by atoms with van der Waals surface area (Å²) in [5.74, 6) is 0.739. The van der Waals surface area contributed by atoms with Gasteiger partial charge in [-0.2, -0.15) is 4.98 Å². The summed E-state index contributed by atoms with van der Waals surface area (Å²) in [6.45, 7) is 2.29. The average molecular weight is 260 g/mol. The second kappa shape index (κ2) is 3.41. The Hall–Kier alpha value is -1.69. The molecule has 5 nitrogen and oxygen atoms in total. The van der Waals surface area contributed by atoms with Crippen LogP contribution in [-0.4, -0.2) is 19.6 Å². The summed E-state index contributed by atoms with van der Waals surface area (Å²) in [5, 5.41) is 3.72. The highest BCUT2D eigenvalue weighted by atomic mass is 32.1. The number of hydrogen-bond acceptors (Lipinski definition) is 4. The molecule has 0 aromatic carbocycles. The number of hydrogen-bond donors (Lipinski definition) is 1. The van der Waals surface area contributed by atoms with E-state index in [9.17, 15) is 4.79 Å². The summed E-state index contributed by atoms with van der Waals surface area (Å²) < 4.78 is 1.62. The molecule has 3 aromatic rings. The van der Waals surface area contributed by atoms with Crippen LogP contribution in [0.25, 0.3) is 15.9 Å². The molecule has 0 radical (unpaired) electrons. The van der Waals surface area contributed by atoms with Gasteiger partial charge in [0.15, 0.2) is 5.65 Å². The summed E-state index contributed by atoms with van der Waals surface area (Å²) in [6.07, 6.45) is 5.03. The van der Waals surface area contributed by atoms with Crippen LogP contribution in [0.2, 0.25) is 0 Å². The van der Waals surface area contributed by atoms with Gasteiger partial charge in [0.05, 0.1) is 5.39 Å². The fourth-order valence-corrected chi connectivity index (χ4v) is 4.10. The maximum Gasteiger partial charge on any atom is 0.362 e. The summed E-state index contributed by atoms with van der Waals surface area (Å²) in [5.41, 5.74) is 1.76. The first-order chi connectivity index (χ1) is 8.72. The second-order valence-electron chi connectivity index (χ2n) is 5.00. The van der Waals surface area contributed by atoms with E-state index in [0.717, 1.165) is 34.6 Å². The van der Waals surface area contributed by atoms with Crippen LogP contribution in [-0.2, 0) is 12.8 Å². The maximum absolute atomic E-state index is 11.4. The number of nitrogens with one attached hydrogen (secondary N) is 1. The first kappa shape index (κ1) is 10.3. The van der Waals surface area contributed by atoms with Crippen molar-refractivity contribution in [2.75, 3.05) is 0 Å².